The third kappa shape index (κ3) is 4.55. The van der Waals surface area contributed by atoms with Gasteiger partial charge in [0, 0.05) is 19.7 Å². The molecule has 0 aliphatic carbocycles. The van der Waals surface area contributed by atoms with Crippen LogP contribution in [-0.4, -0.2) is 33.8 Å². The third-order valence-corrected chi connectivity index (χ3v) is 2.89. The van der Waals surface area contributed by atoms with Crippen molar-refractivity contribution in [2.75, 3.05) is 25.0 Å². The molecule has 0 amide bonds. The summed E-state index contributed by atoms with van der Waals surface area (Å²) in [6.07, 6.45) is 0. The Kier molecular flexibility index (Phi) is 4.67. The van der Waals surface area contributed by atoms with E-state index in [0.717, 1.165) is 12.1 Å². The van der Waals surface area contributed by atoms with Gasteiger partial charge in [-0.2, -0.15) is 13.1 Å². The second kappa shape index (κ2) is 5.80. The van der Waals surface area contributed by atoms with Gasteiger partial charge in [-0.25, -0.2) is 4.39 Å². The maximum Gasteiger partial charge on any atom is 0.299 e. The van der Waals surface area contributed by atoms with E-state index in [1.807, 2.05) is 0 Å². The van der Waals surface area contributed by atoms with Crippen molar-refractivity contribution in [2.24, 2.45) is 0 Å². The zero-order valence-corrected chi connectivity index (χ0v) is 9.92. The summed E-state index contributed by atoms with van der Waals surface area (Å²) in [6.45, 7) is 0.331. The van der Waals surface area contributed by atoms with Crippen LogP contribution >= 0.6 is 0 Å². The van der Waals surface area contributed by atoms with E-state index in [1.54, 1.807) is 0 Å². The van der Waals surface area contributed by atoms with Gasteiger partial charge in [-0.15, -0.1) is 0 Å². The Hall–Kier alpha value is -1.38. The number of methoxy groups -OCH3 is 1. The number of hydrogen-bond acceptors (Lipinski definition) is 4. The smallest absolute Gasteiger partial charge is 0.299 e. The monoisotopic (exact) mass is 264 g/mol. The molecule has 8 heteroatoms. The highest BCUT2D eigenvalue weighted by molar-refractivity contribution is 7.90. The topological polar surface area (TPSA) is 87.7 Å². The first-order valence-electron chi connectivity index (χ1n) is 4.69. The fourth-order valence-electron chi connectivity index (χ4n) is 1.04. The molecule has 0 saturated heterocycles. The minimum Gasteiger partial charge on any atom is -0.505 e. The van der Waals surface area contributed by atoms with E-state index in [1.165, 1.54) is 13.2 Å². The summed E-state index contributed by atoms with van der Waals surface area (Å²) in [7, 11) is -2.32. The van der Waals surface area contributed by atoms with Crippen LogP contribution < -0.4 is 9.44 Å². The number of halogens is 1. The van der Waals surface area contributed by atoms with Crippen molar-refractivity contribution in [3.05, 3.63) is 24.0 Å². The molecule has 0 aliphatic rings. The Balaban J connectivity index is 2.66. The summed E-state index contributed by atoms with van der Waals surface area (Å²) in [6, 6.07) is 3.18. The van der Waals surface area contributed by atoms with E-state index in [2.05, 4.69) is 14.2 Å². The van der Waals surface area contributed by atoms with Crippen LogP contribution in [0.3, 0.4) is 0 Å². The van der Waals surface area contributed by atoms with Crippen molar-refractivity contribution in [2.45, 2.75) is 0 Å². The molecule has 1 rings (SSSR count). The van der Waals surface area contributed by atoms with Crippen molar-refractivity contribution in [1.29, 1.82) is 0 Å². The molecule has 0 fully saturated rings. The number of aromatic hydroxyl groups is 1. The van der Waals surface area contributed by atoms with E-state index in [0.29, 0.717) is 0 Å². The fraction of sp³-hybridized carbons (Fsp3) is 0.333. The minimum atomic E-state index is -3.76. The number of anilines is 1. The largest absolute Gasteiger partial charge is 0.505 e. The molecule has 0 saturated carbocycles. The SMILES string of the molecule is COCCNS(=O)(=O)Nc1ccc(O)c(F)c1. The second-order valence-electron chi connectivity index (χ2n) is 3.16. The van der Waals surface area contributed by atoms with Crippen LogP contribution in [0.5, 0.6) is 5.75 Å². The highest BCUT2D eigenvalue weighted by Crippen LogP contribution is 2.19. The molecule has 17 heavy (non-hydrogen) atoms. The van der Waals surface area contributed by atoms with Gasteiger partial charge in [0.2, 0.25) is 0 Å². The van der Waals surface area contributed by atoms with E-state index in [-0.39, 0.29) is 18.8 Å². The average Bonchev–Trinajstić information content (AvgIpc) is 2.23. The lowest BCUT2D eigenvalue weighted by Crippen LogP contribution is -2.32. The first-order valence-corrected chi connectivity index (χ1v) is 6.18. The first-order chi connectivity index (χ1) is 7.94. The van der Waals surface area contributed by atoms with Crippen molar-refractivity contribution >= 4 is 15.9 Å². The van der Waals surface area contributed by atoms with E-state index in [9.17, 15) is 12.8 Å². The van der Waals surface area contributed by atoms with Crippen LogP contribution in [0.1, 0.15) is 0 Å². The molecule has 0 radical (unpaired) electrons. The van der Waals surface area contributed by atoms with Crippen molar-refractivity contribution in [1.82, 2.24) is 4.72 Å². The number of phenols is 1. The van der Waals surface area contributed by atoms with Gasteiger partial charge in [0.1, 0.15) is 0 Å². The maximum absolute atomic E-state index is 12.9. The molecule has 1 aromatic rings. The van der Waals surface area contributed by atoms with Gasteiger partial charge in [-0.1, -0.05) is 0 Å². The second-order valence-corrected chi connectivity index (χ2v) is 4.66. The molecule has 96 valence electrons. The van der Waals surface area contributed by atoms with Crippen molar-refractivity contribution in [3.63, 3.8) is 0 Å². The molecular weight excluding hydrogens is 251 g/mol. The number of ether oxygens (including phenoxy) is 1. The zero-order chi connectivity index (χ0) is 12.9. The summed E-state index contributed by atoms with van der Waals surface area (Å²) < 4.78 is 44.7. The molecule has 0 spiro atoms. The van der Waals surface area contributed by atoms with Gasteiger partial charge >= 0.3 is 0 Å². The van der Waals surface area contributed by atoms with Gasteiger partial charge in [-0.3, -0.25) is 4.72 Å². The quantitative estimate of drug-likeness (QED) is 0.513. The summed E-state index contributed by atoms with van der Waals surface area (Å²) in [5.74, 6) is -1.44. The molecule has 0 atom stereocenters. The standard InChI is InChI=1S/C9H13FN2O4S/c1-16-5-4-11-17(14,15)12-7-2-3-9(13)8(10)6-7/h2-3,6,11-13H,4-5H2,1H3. The van der Waals surface area contributed by atoms with E-state index >= 15 is 0 Å². The Morgan fingerprint density at radius 3 is 2.76 bits per heavy atom. The van der Waals surface area contributed by atoms with Gasteiger partial charge in [0.15, 0.2) is 11.6 Å². The first kappa shape index (κ1) is 13.7. The average molecular weight is 264 g/mol. The summed E-state index contributed by atoms with van der Waals surface area (Å²) in [5, 5.41) is 8.93. The molecule has 0 bridgehead atoms. The van der Waals surface area contributed by atoms with E-state index < -0.39 is 21.8 Å². The highest BCUT2D eigenvalue weighted by atomic mass is 32.2. The molecular formula is C9H13FN2O4S. The van der Waals surface area contributed by atoms with Gasteiger partial charge < -0.3 is 9.84 Å². The Labute approximate surface area is 98.6 Å². The zero-order valence-electron chi connectivity index (χ0n) is 9.10. The Morgan fingerprint density at radius 2 is 2.18 bits per heavy atom. The number of phenolic OH excluding ortho intramolecular Hbond substituents is 1. The fourth-order valence-corrected chi connectivity index (χ4v) is 1.90. The van der Waals surface area contributed by atoms with Crippen LogP contribution in [0, 0.1) is 5.82 Å². The summed E-state index contributed by atoms with van der Waals surface area (Å²) in [5.41, 5.74) is 0.0187. The highest BCUT2D eigenvalue weighted by Gasteiger charge is 2.10. The third-order valence-electron chi connectivity index (χ3n) is 1.80. The van der Waals surface area contributed by atoms with E-state index in [4.69, 9.17) is 5.11 Å². The van der Waals surface area contributed by atoms with Crippen molar-refractivity contribution < 1.29 is 22.7 Å². The molecule has 0 unspecified atom stereocenters. The number of benzene rings is 1. The molecule has 0 aromatic heterocycles. The summed E-state index contributed by atoms with van der Waals surface area (Å²) in [4.78, 5) is 0. The lowest BCUT2D eigenvalue weighted by Gasteiger charge is -2.09. The van der Waals surface area contributed by atoms with Crippen LogP contribution in [0.15, 0.2) is 18.2 Å². The van der Waals surface area contributed by atoms with Gasteiger partial charge in [0.25, 0.3) is 10.2 Å². The van der Waals surface area contributed by atoms with Crippen LogP contribution in [0.2, 0.25) is 0 Å². The number of nitrogens with one attached hydrogen (secondary N) is 2. The molecule has 6 nitrogen and oxygen atoms in total. The predicted molar refractivity (Wildman–Crippen MR) is 60.5 cm³/mol. The lowest BCUT2D eigenvalue weighted by molar-refractivity contribution is 0.204. The molecule has 0 heterocycles. The summed E-state index contributed by atoms with van der Waals surface area (Å²) >= 11 is 0. The van der Waals surface area contributed by atoms with Crippen LogP contribution in [-0.2, 0) is 14.9 Å². The maximum atomic E-state index is 12.9. The lowest BCUT2D eigenvalue weighted by atomic mass is 10.3. The molecule has 3 N–H and O–H groups in total. The number of rotatable bonds is 6. The predicted octanol–water partition coefficient (Wildman–Crippen LogP) is 0.424. The normalized spacial score (nSPS) is 11.4. The van der Waals surface area contributed by atoms with Crippen molar-refractivity contribution in [3.8, 4) is 5.75 Å². The Morgan fingerprint density at radius 1 is 1.47 bits per heavy atom. The van der Waals surface area contributed by atoms with Crippen LogP contribution in [0.25, 0.3) is 0 Å². The Bertz CT molecular complexity index is 478. The molecule has 0 aliphatic heterocycles. The molecule has 1 aromatic carbocycles. The van der Waals surface area contributed by atoms with Gasteiger partial charge in [0.05, 0.1) is 12.3 Å². The number of hydrogen-bond donors (Lipinski definition) is 3. The van der Waals surface area contributed by atoms with Gasteiger partial charge in [-0.05, 0) is 12.1 Å². The van der Waals surface area contributed by atoms with Crippen LogP contribution in [0.4, 0.5) is 10.1 Å². The minimum absolute atomic E-state index is 0.0187.